The Bertz CT molecular complexity index is 274. The molecule has 0 amide bonds. The van der Waals surface area contributed by atoms with Gasteiger partial charge in [-0.15, -0.1) is 0 Å². The zero-order valence-corrected chi connectivity index (χ0v) is 21.2. The standard InChI is InChI=1S/C8H10.C4H8O.2C4H10.2C2H6.CH4O/c1-7-3-5-8(2)6-4-7;1-3-4(2)5;2*1-3-4-2;3*1-2/h3-6H,1-2H3;3H2,1-2H3;2*3-4H2,1-2H3;2*1-2H3;2H,1H3. The molecule has 0 spiro atoms. The SMILES string of the molecule is CC.CC.CCC(C)=O.CCCC.CCCC.CO.Cc1ccc(C)cc1. The predicted molar refractivity (Wildman–Crippen MR) is 129 cm³/mol. The van der Waals surface area contributed by atoms with Crippen molar-refractivity contribution in [2.75, 3.05) is 7.11 Å². The number of Topliss-reactive ketones (excluding diaryl/α,β-unsaturated/α-hetero) is 1. The number of benzene rings is 1. The topological polar surface area (TPSA) is 37.3 Å². The fourth-order valence-corrected chi connectivity index (χ4v) is 0.637. The van der Waals surface area contributed by atoms with E-state index in [0.29, 0.717) is 6.42 Å². The van der Waals surface area contributed by atoms with Crippen molar-refractivity contribution >= 4 is 5.78 Å². The van der Waals surface area contributed by atoms with Crippen LogP contribution in [0.25, 0.3) is 0 Å². The molecular weight excluding hydrogens is 332 g/mol. The van der Waals surface area contributed by atoms with E-state index in [0.717, 1.165) is 7.11 Å². The molecule has 0 unspecified atom stereocenters. The lowest BCUT2D eigenvalue weighted by atomic mass is 10.2. The van der Waals surface area contributed by atoms with Crippen LogP contribution >= 0.6 is 0 Å². The maximum Gasteiger partial charge on any atom is 0.129 e. The van der Waals surface area contributed by atoms with Gasteiger partial charge in [-0.05, 0) is 20.8 Å². The molecule has 27 heavy (non-hydrogen) atoms. The van der Waals surface area contributed by atoms with E-state index in [2.05, 4.69) is 65.8 Å². The summed E-state index contributed by atoms with van der Waals surface area (Å²) in [5, 5.41) is 7.00. The molecule has 0 saturated carbocycles. The first-order valence-corrected chi connectivity index (χ1v) is 10.9. The molecule has 1 aromatic carbocycles. The van der Waals surface area contributed by atoms with Gasteiger partial charge in [0.1, 0.15) is 5.78 Å². The lowest BCUT2D eigenvalue weighted by Crippen LogP contribution is -1.80. The van der Waals surface area contributed by atoms with E-state index in [1.54, 1.807) is 6.92 Å². The van der Waals surface area contributed by atoms with Crippen molar-refractivity contribution in [2.24, 2.45) is 0 Å². The van der Waals surface area contributed by atoms with Crippen molar-refractivity contribution in [1.82, 2.24) is 0 Å². The van der Waals surface area contributed by atoms with Crippen molar-refractivity contribution in [1.29, 1.82) is 0 Å². The number of unbranched alkanes of at least 4 members (excludes halogenated alkanes) is 2. The van der Waals surface area contributed by atoms with Crippen molar-refractivity contribution < 1.29 is 9.90 Å². The molecule has 0 atom stereocenters. The van der Waals surface area contributed by atoms with Crippen molar-refractivity contribution in [3.05, 3.63) is 35.4 Å². The van der Waals surface area contributed by atoms with Crippen LogP contribution < -0.4 is 0 Å². The van der Waals surface area contributed by atoms with Crippen LogP contribution in [0.15, 0.2) is 24.3 Å². The minimum atomic E-state index is 0.255. The Kier molecular flexibility index (Phi) is 74.7. The van der Waals surface area contributed by atoms with Gasteiger partial charge >= 0.3 is 0 Å². The van der Waals surface area contributed by atoms with Gasteiger partial charge in [0.2, 0.25) is 0 Å². The molecule has 0 saturated heterocycles. The summed E-state index contributed by atoms with van der Waals surface area (Å²) in [5.74, 6) is 0.255. The van der Waals surface area contributed by atoms with Crippen LogP contribution in [0.5, 0.6) is 0 Å². The molecule has 1 N–H and O–H groups in total. The Morgan fingerprint density at radius 3 is 0.889 bits per heavy atom. The minimum absolute atomic E-state index is 0.255. The van der Waals surface area contributed by atoms with Gasteiger partial charge < -0.3 is 9.90 Å². The first-order chi connectivity index (χ1) is 12.9. The summed E-state index contributed by atoms with van der Waals surface area (Å²) in [4.78, 5) is 9.81. The second-order valence-electron chi connectivity index (χ2n) is 5.21. The second kappa shape index (κ2) is 49.8. The molecule has 0 aliphatic heterocycles. The van der Waals surface area contributed by atoms with E-state index >= 15 is 0 Å². The van der Waals surface area contributed by atoms with Crippen LogP contribution in [0.4, 0.5) is 0 Å². The molecular formula is C25H54O2. The fraction of sp³-hybridized carbons (Fsp3) is 0.720. The third-order valence-corrected chi connectivity index (χ3v) is 2.72. The summed E-state index contributed by atoms with van der Waals surface area (Å²) in [6.45, 7) is 24.3. The number of carbonyl (C=O) groups is 1. The summed E-state index contributed by atoms with van der Waals surface area (Å²) < 4.78 is 0. The van der Waals surface area contributed by atoms with E-state index in [-0.39, 0.29) is 5.78 Å². The number of rotatable bonds is 3. The van der Waals surface area contributed by atoms with Crippen LogP contribution in [0.2, 0.25) is 0 Å². The highest BCUT2D eigenvalue weighted by atomic mass is 16.2. The van der Waals surface area contributed by atoms with E-state index in [4.69, 9.17) is 5.11 Å². The molecule has 2 heteroatoms. The highest BCUT2D eigenvalue weighted by molar-refractivity contribution is 5.74. The van der Waals surface area contributed by atoms with E-state index < -0.39 is 0 Å². The molecule has 0 aromatic heterocycles. The van der Waals surface area contributed by atoms with Crippen LogP contribution in [0.3, 0.4) is 0 Å². The normalized spacial score (nSPS) is 7.04. The van der Waals surface area contributed by atoms with Crippen molar-refractivity contribution in [3.8, 4) is 0 Å². The van der Waals surface area contributed by atoms with Gasteiger partial charge in [-0.1, -0.05) is 123 Å². The number of hydrogen-bond acceptors (Lipinski definition) is 2. The Labute approximate surface area is 173 Å². The largest absolute Gasteiger partial charge is 0.400 e. The van der Waals surface area contributed by atoms with Crippen LogP contribution in [-0.4, -0.2) is 18.0 Å². The fourth-order valence-electron chi connectivity index (χ4n) is 0.637. The number of aliphatic hydroxyl groups excluding tert-OH is 1. The second-order valence-corrected chi connectivity index (χ2v) is 5.21. The smallest absolute Gasteiger partial charge is 0.129 e. The summed E-state index contributed by atoms with van der Waals surface area (Å²) in [6, 6.07) is 8.48. The van der Waals surface area contributed by atoms with Crippen LogP contribution in [0, 0.1) is 13.8 Å². The lowest BCUT2D eigenvalue weighted by molar-refractivity contribution is -0.116. The van der Waals surface area contributed by atoms with E-state index in [9.17, 15) is 4.79 Å². The van der Waals surface area contributed by atoms with Crippen LogP contribution in [-0.2, 0) is 4.79 Å². The zero-order chi connectivity index (χ0) is 23.1. The molecule has 2 nitrogen and oxygen atoms in total. The number of ketones is 1. The maximum atomic E-state index is 9.81. The van der Waals surface area contributed by atoms with Crippen LogP contribution in [0.1, 0.15) is 112 Å². The third-order valence-electron chi connectivity index (χ3n) is 2.72. The minimum Gasteiger partial charge on any atom is -0.400 e. The number of carbonyl (C=O) groups excluding carboxylic acids is 1. The Morgan fingerprint density at radius 2 is 0.815 bits per heavy atom. The van der Waals surface area contributed by atoms with Gasteiger partial charge in [-0.25, -0.2) is 0 Å². The Morgan fingerprint density at radius 1 is 0.667 bits per heavy atom. The monoisotopic (exact) mass is 386 g/mol. The summed E-state index contributed by atoms with van der Waals surface area (Å²) in [6.07, 6.45) is 5.94. The quantitative estimate of drug-likeness (QED) is 0.564. The third kappa shape index (κ3) is 78.6. The molecule has 166 valence electrons. The van der Waals surface area contributed by atoms with Gasteiger partial charge in [0.05, 0.1) is 0 Å². The molecule has 0 aliphatic rings. The van der Waals surface area contributed by atoms with E-state index in [1.807, 2.05) is 34.6 Å². The van der Waals surface area contributed by atoms with Gasteiger partial charge in [0, 0.05) is 13.5 Å². The first kappa shape index (κ1) is 40.5. The molecule has 0 fully saturated rings. The molecule has 0 heterocycles. The predicted octanol–water partition coefficient (Wildman–Crippen LogP) is 8.56. The average molecular weight is 387 g/mol. The molecule has 0 bridgehead atoms. The maximum absolute atomic E-state index is 9.81. The lowest BCUT2D eigenvalue weighted by Gasteiger charge is -1.90. The van der Waals surface area contributed by atoms with Crippen molar-refractivity contribution in [2.45, 2.75) is 115 Å². The number of aryl methyl sites for hydroxylation is 2. The van der Waals surface area contributed by atoms with Gasteiger partial charge in [0.15, 0.2) is 0 Å². The molecule has 0 radical (unpaired) electrons. The van der Waals surface area contributed by atoms with Gasteiger partial charge in [0.25, 0.3) is 0 Å². The molecule has 1 aromatic rings. The number of hydrogen-bond donors (Lipinski definition) is 1. The van der Waals surface area contributed by atoms with Gasteiger partial charge in [-0.2, -0.15) is 0 Å². The molecule has 0 aliphatic carbocycles. The van der Waals surface area contributed by atoms with Crippen molar-refractivity contribution in [3.63, 3.8) is 0 Å². The summed E-state index contributed by atoms with van der Waals surface area (Å²) in [5.41, 5.74) is 2.66. The van der Waals surface area contributed by atoms with Gasteiger partial charge in [-0.3, -0.25) is 0 Å². The Hall–Kier alpha value is -1.15. The Balaban J connectivity index is -0.0000000516. The first-order valence-electron chi connectivity index (χ1n) is 10.9. The summed E-state index contributed by atoms with van der Waals surface area (Å²) >= 11 is 0. The highest BCUT2D eigenvalue weighted by Crippen LogP contribution is 1.99. The summed E-state index contributed by atoms with van der Waals surface area (Å²) in [7, 11) is 1.00. The zero-order valence-electron chi connectivity index (χ0n) is 21.2. The number of aliphatic hydroxyl groups is 1. The average Bonchev–Trinajstić information content (AvgIpc) is 2.75. The highest BCUT2D eigenvalue weighted by Gasteiger charge is 1.79. The molecule has 1 rings (SSSR count). The van der Waals surface area contributed by atoms with E-state index in [1.165, 1.54) is 36.8 Å².